The van der Waals surface area contributed by atoms with Crippen molar-refractivity contribution in [3.8, 4) is 0 Å². The van der Waals surface area contributed by atoms with Gasteiger partial charge < -0.3 is 19.9 Å². The van der Waals surface area contributed by atoms with Gasteiger partial charge in [-0.2, -0.15) is 0 Å². The van der Waals surface area contributed by atoms with Crippen LogP contribution >= 0.6 is 23.2 Å². The first-order chi connectivity index (χ1) is 12.4. The number of anilines is 1. The van der Waals surface area contributed by atoms with E-state index in [0.29, 0.717) is 42.0 Å². The average molecular weight is 402 g/mol. The van der Waals surface area contributed by atoms with E-state index in [0.717, 1.165) is 0 Å². The van der Waals surface area contributed by atoms with Crippen LogP contribution in [0.2, 0.25) is 10.0 Å². The molecule has 1 saturated heterocycles. The molecule has 142 valence electrons. The normalized spacial score (nSPS) is 14.0. The third-order valence-corrected chi connectivity index (χ3v) is 4.67. The van der Waals surface area contributed by atoms with Gasteiger partial charge in [0.2, 0.25) is 17.7 Å². The number of amides is 3. The van der Waals surface area contributed by atoms with Crippen LogP contribution in [0.25, 0.3) is 0 Å². The molecule has 1 aliphatic heterocycles. The largest absolute Gasteiger partial charge is 0.378 e. The number of carbonyl (C=O) groups is 3. The lowest BCUT2D eigenvalue weighted by Gasteiger charge is -2.27. The number of nitrogens with zero attached hydrogens (tertiary/aromatic N) is 2. The number of hydrogen-bond donors (Lipinski definition) is 1. The summed E-state index contributed by atoms with van der Waals surface area (Å²) in [5.41, 5.74) is 0.493. The van der Waals surface area contributed by atoms with Gasteiger partial charge in [0.1, 0.15) is 0 Å². The molecule has 1 aromatic carbocycles. The van der Waals surface area contributed by atoms with Crippen LogP contribution in [-0.2, 0) is 19.1 Å². The van der Waals surface area contributed by atoms with Gasteiger partial charge in [-0.1, -0.05) is 23.2 Å². The van der Waals surface area contributed by atoms with E-state index in [1.54, 1.807) is 17.0 Å². The second kappa shape index (κ2) is 9.75. The fourth-order valence-corrected chi connectivity index (χ4v) is 2.75. The molecule has 0 atom stereocenters. The fourth-order valence-electron chi connectivity index (χ4n) is 2.45. The molecule has 1 heterocycles. The molecule has 0 saturated carbocycles. The summed E-state index contributed by atoms with van der Waals surface area (Å²) in [5.74, 6) is -0.704. The third-order valence-electron chi connectivity index (χ3n) is 3.93. The number of morpholine rings is 1. The highest BCUT2D eigenvalue weighted by Crippen LogP contribution is 2.24. The Morgan fingerprint density at radius 2 is 1.85 bits per heavy atom. The lowest BCUT2D eigenvalue weighted by atomic mass is 10.2. The Morgan fingerprint density at radius 3 is 2.50 bits per heavy atom. The summed E-state index contributed by atoms with van der Waals surface area (Å²) in [4.78, 5) is 39.2. The Kier molecular flexibility index (Phi) is 7.68. The van der Waals surface area contributed by atoms with Gasteiger partial charge in [-0.05, 0) is 18.2 Å². The van der Waals surface area contributed by atoms with Crippen LogP contribution in [0.5, 0.6) is 0 Å². The standard InChI is InChI=1S/C17H21Cl2N3O4/c1-21(11-15(23)20-12-2-3-13(18)14(19)10-12)16(24)4-5-17(25)22-6-8-26-9-7-22/h2-3,10H,4-9,11H2,1H3,(H,20,23). The fraction of sp³-hybridized carbons (Fsp3) is 0.471. The summed E-state index contributed by atoms with van der Waals surface area (Å²) < 4.78 is 5.19. The molecule has 1 N–H and O–H groups in total. The molecular weight excluding hydrogens is 381 g/mol. The Labute approximate surface area is 162 Å². The van der Waals surface area contributed by atoms with Gasteiger partial charge in [-0.15, -0.1) is 0 Å². The lowest BCUT2D eigenvalue weighted by molar-refractivity contribution is -0.139. The molecule has 1 aliphatic rings. The number of rotatable bonds is 6. The molecule has 0 bridgehead atoms. The Morgan fingerprint density at radius 1 is 1.15 bits per heavy atom. The number of benzene rings is 1. The van der Waals surface area contributed by atoms with Crippen molar-refractivity contribution >= 4 is 46.6 Å². The van der Waals surface area contributed by atoms with Gasteiger partial charge in [0.15, 0.2) is 0 Å². The topological polar surface area (TPSA) is 79.0 Å². The zero-order valence-corrected chi connectivity index (χ0v) is 16.0. The maximum atomic E-state index is 12.1. The molecule has 0 unspecified atom stereocenters. The summed E-state index contributed by atoms with van der Waals surface area (Å²) in [7, 11) is 1.52. The van der Waals surface area contributed by atoms with Crippen LogP contribution in [0.1, 0.15) is 12.8 Å². The molecule has 0 aromatic heterocycles. The SMILES string of the molecule is CN(CC(=O)Nc1ccc(Cl)c(Cl)c1)C(=O)CCC(=O)N1CCOCC1. The monoisotopic (exact) mass is 401 g/mol. The molecule has 26 heavy (non-hydrogen) atoms. The lowest BCUT2D eigenvalue weighted by Crippen LogP contribution is -2.41. The number of halogens is 2. The van der Waals surface area contributed by atoms with Gasteiger partial charge in [0.25, 0.3) is 0 Å². The maximum absolute atomic E-state index is 12.1. The molecule has 1 aromatic rings. The number of ether oxygens (including phenoxy) is 1. The van der Waals surface area contributed by atoms with Crippen LogP contribution in [0, 0.1) is 0 Å². The third kappa shape index (κ3) is 6.16. The second-order valence-electron chi connectivity index (χ2n) is 5.92. The highest BCUT2D eigenvalue weighted by molar-refractivity contribution is 6.42. The minimum absolute atomic E-state index is 0.0622. The van der Waals surface area contributed by atoms with E-state index in [1.807, 2.05) is 0 Å². The first kappa shape index (κ1) is 20.5. The van der Waals surface area contributed by atoms with Gasteiger partial charge >= 0.3 is 0 Å². The van der Waals surface area contributed by atoms with Crippen LogP contribution in [0.15, 0.2) is 18.2 Å². The van der Waals surface area contributed by atoms with Crippen molar-refractivity contribution in [2.45, 2.75) is 12.8 Å². The van der Waals surface area contributed by atoms with Crippen molar-refractivity contribution < 1.29 is 19.1 Å². The van der Waals surface area contributed by atoms with E-state index >= 15 is 0 Å². The first-order valence-corrected chi connectivity index (χ1v) is 8.97. The quantitative estimate of drug-likeness (QED) is 0.790. The first-order valence-electron chi connectivity index (χ1n) is 8.21. The molecule has 0 aliphatic carbocycles. The Bertz CT molecular complexity index is 678. The van der Waals surface area contributed by atoms with E-state index in [9.17, 15) is 14.4 Å². The van der Waals surface area contributed by atoms with E-state index in [2.05, 4.69) is 5.32 Å². The summed E-state index contributed by atoms with van der Waals surface area (Å²) in [6, 6.07) is 4.73. The Balaban J connectivity index is 1.75. The highest BCUT2D eigenvalue weighted by Gasteiger charge is 2.19. The minimum atomic E-state index is -0.362. The summed E-state index contributed by atoms with van der Waals surface area (Å²) in [5, 5.41) is 3.37. The zero-order chi connectivity index (χ0) is 19.1. The van der Waals surface area contributed by atoms with Gasteiger partial charge in [0.05, 0.1) is 29.8 Å². The molecular formula is C17H21Cl2N3O4. The van der Waals surface area contributed by atoms with Crippen LogP contribution in [0.3, 0.4) is 0 Å². The van der Waals surface area contributed by atoms with Crippen LogP contribution in [0.4, 0.5) is 5.69 Å². The zero-order valence-electron chi connectivity index (χ0n) is 14.5. The van der Waals surface area contributed by atoms with Crippen molar-refractivity contribution in [1.29, 1.82) is 0 Å². The van der Waals surface area contributed by atoms with Gasteiger partial charge in [-0.25, -0.2) is 0 Å². The van der Waals surface area contributed by atoms with Crippen LogP contribution < -0.4 is 5.32 Å². The van der Waals surface area contributed by atoms with E-state index < -0.39 is 0 Å². The summed E-state index contributed by atoms with van der Waals surface area (Å²) in [6.07, 6.45) is 0.185. The molecule has 0 radical (unpaired) electrons. The summed E-state index contributed by atoms with van der Waals surface area (Å²) in [6.45, 7) is 2.03. The van der Waals surface area contributed by atoms with Gasteiger partial charge in [0, 0.05) is 38.7 Å². The number of nitrogens with one attached hydrogen (secondary N) is 1. The van der Waals surface area contributed by atoms with Gasteiger partial charge in [-0.3, -0.25) is 14.4 Å². The maximum Gasteiger partial charge on any atom is 0.243 e. The van der Waals surface area contributed by atoms with Crippen molar-refractivity contribution in [3.63, 3.8) is 0 Å². The molecule has 2 rings (SSSR count). The smallest absolute Gasteiger partial charge is 0.243 e. The molecule has 0 spiro atoms. The predicted molar refractivity (Wildman–Crippen MR) is 99.4 cm³/mol. The van der Waals surface area contributed by atoms with E-state index in [4.69, 9.17) is 27.9 Å². The molecule has 9 heteroatoms. The van der Waals surface area contributed by atoms with E-state index in [1.165, 1.54) is 18.0 Å². The Hall–Kier alpha value is -1.83. The number of likely N-dealkylation sites (N-methyl/N-ethyl adjacent to an activating group) is 1. The molecule has 1 fully saturated rings. The highest BCUT2D eigenvalue weighted by atomic mass is 35.5. The van der Waals surface area contributed by atoms with Crippen LogP contribution in [-0.4, -0.2) is 67.4 Å². The summed E-state index contributed by atoms with van der Waals surface area (Å²) >= 11 is 11.7. The molecule has 7 nitrogen and oxygen atoms in total. The van der Waals surface area contributed by atoms with Crippen molar-refractivity contribution in [3.05, 3.63) is 28.2 Å². The van der Waals surface area contributed by atoms with Crippen molar-refractivity contribution in [2.75, 3.05) is 45.2 Å². The number of hydrogen-bond acceptors (Lipinski definition) is 4. The predicted octanol–water partition coefficient (Wildman–Crippen LogP) is 2.03. The number of carbonyl (C=O) groups excluding carboxylic acids is 3. The minimum Gasteiger partial charge on any atom is -0.378 e. The molecule has 3 amide bonds. The average Bonchev–Trinajstić information content (AvgIpc) is 2.63. The van der Waals surface area contributed by atoms with Crippen molar-refractivity contribution in [1.82, 2.24) is 9.80 Å². The van der Waals surface area contributed by atoms with E-state index in [-0.39, 0.29) is 37.1 Å². The van der Waals surface area contributed by atoms with Crippen molar-refractivity contribution in [2.24, 2.45) is 0 Å². The second-order valence-corrected chi connectivity index (χ2v) is 6.73.